The topological polar surface area (TPSA) is 38.2 Å². The molecule has 3 rings (SSSR count). The molecule has 1 aromatic carbocycles. The van der Waals surface area contributed by atoms with E-state index in [1.165, 1.54) is 5.56 Å². The lowest BCUT2D eigenvalue weighted by atomic mass is 10.1. The van der Waals surface area contributed by atoms with Crippen LogP contribution >= 0.6 is 0 Å². The van der Waals surface area contributed by atoms with Crippen molar-refractivity contribution in [1.82, 2.24) is 9.97 Å². The molecule has 1 radical (unpaired) electrons. The van der Waals surface area contributed by atoms with Gasteiger partial charge in [0.1, 0.15) is 0 Å². The first-order chi connectivity index (χ1) is 9.92. The fourth-order valence-electron chi connectivity index (χ4n) is 2.42. The maximum absolute atomic E-state index is 5.98. The molecule has 4 nitrogen and oxygen atoms in total. The van der Waals surface area contributed by atoms with Crippen molar-refractivity contribution < 1.29 is 4.74 Å². The Morgan fingerprint density at radius 2 is 2.00 bits per heavy atom. The third-order valence-electron chi connectivity index (χ3n) is 3.56. The average molecular weight is 268 g/mol. The molecule has 0 atom stereocenters. The highest BCUT2D eigenvalue weighted by atomic mass is 16.5. The first kappa shape index (κ1) is 13.1. The number of aromatic nitrogens is 2. The quantitative estimate of drug-likeness (QED) is 0.853. The highest BCUT2D eigenvalue weighted by Gasteiger charge is 2.21. The summed E-state index contributed by atoms with van der Waals surface area (Å²) in [6, 6.07) is 12.0. The van der Waals surface area contributed by atoms with E-state index >= 15 is 0 Å². The van der Waals surface area contributed by atoms with Crippen LogP contribution in [0.5, 0.6) is 0 Å². The van der Waals surface area contributed by atoms with E-state index in [-0.39, 0.29) is 0 Å². The summed E-state index contributed by atoms with van der Waals surface area (Å²) in [4.78, 5) is 10.6. The molecule has 0 spiro atoms. The standard InChI is InChI=1S/C16H18N3O/c1-2-5-14(6-3-1)13-20-15-7-11-19(12-8-15)16-17-9-4-10-18-16/h1-6,9,15H,7-8,11-13H2. The first-order valence-electron chi connectivity index (χ1n) is 7.01. The molecule has 4 heteroatoms. The van der Waals surface area contributed by atoms with Gasteiger partial charge < -0.3 is 9.64 Å². The number of nitrogens with zero attached hydrogens (tertiary/aromatic N) is 3. The molecule has 0 amide bonds. The predicted molar refractivity (Wildman–Crippen MR) is 77.3 cm³/mol. The number of ether oxygens (including phenoxy) is 1. The highest BCUT2D eigenvalue weighted by molar-refractivity contribution is 5.28. The molecule has 20 heavy (non-hydrogen) atoms. The van der Waals surface area contributed by atoms with Gasteiger partial charge >= 0.3 is 0 Å². The Morgan fingerprint density at radius 3 is 2.70 bits per heavy atom. The molecule has 1 saturated heterocycles. The maximum atomic E-state index is 5.98. The van der Waals surface area contributed by atoms with Gasteiger partial charge in [0.25, 0.3) is 0 Å². The van der Waals surface area contributed by atoms with Crippen LogP contribution in [0.25, 0.3) is 0 Å². The fourth-order valence-corrected chi connectivity index (χ4v) is 2.42. The van der Waals surface area contributed by atoms with Gasteiger partial charge in [-0.3, -0.25) is 0 Å². The molecule has 0 saturated carbocycles. The molecule has 1 fully saturated rings. The largest absolute Gasteiger partial charge is 0.373 e. The molecule has 0 N–H and O–H groups in total. The van der Waals surface area contributed by atoms with Crippen molar-refractivity contribution in [3.05, 3.63) is 54.4 Å². The number of hydrogen-bond acceptors (Lipinski definition) is 4. The minimum Gasteiger partial charge on any atom is -0.373 e. The van der Waals surface area contributed by atoms with Gasteiger partial charge in [0.15, 0.2) is 0 Å². The Bertz CT molecular complexity index is 510. The van der Waals surface area contributed by atoms with Crippen molar-refractivity contribution in [3.63, 3.8) is 0 Å². The zero-order valence-electron chi connectivity index (χ0n) is 11.4. The highest BCUT2D eigenvalue weighted by Crippen LogP contribution is 2.18. The number of hydrogen-bond donors (Lipinski definition) is 0. The van der Waals surface area contributed by atoms with Crippen molar-refractivity contribution >= 4 is 5.95 Å². The molecular weight excluding hydrogens is 250 g/mol. The zero-order chi connectivity index (χ0) is 13.6. The van der Waals surface area contributed by atoms with E-state index < -0.39 is 0 Å². The van der Waals surface area contributed by atoms with Crippen LogP contribution in [0.4, 0.5) is 5.95 Å². The Morgan fingerprint density at radius 1 is 1.20 bits per heavy atom. The summed E-state index contributed by atoms with van der Waals surface area (Å²) in [6.45, 7) is 2.58. The van der Waals surface area contributed by atoms with Crippen LogP contribution in [0.2, 0.25) is 0 Å². The molecule has 0 unspecified atom stereocenters. The van der Waals surface area contributed by atoms with E-state index in [1.54, 1.807) is 12.3 Å². The summed E-state index contributed by atoms with van der Waals surface area (Å²) in [5.41, 5.74) is 1.23. The summed E-state index contributed by atoms with van der Waals surface area (Å²) in [6.07, 6.45) is 6.94. The van der Waals surface area contributed by atoms with E-state index in [0.29, 0.717) is 12.7 Å². The average Bonchev–Trinajstić information content (AvgIpc) is 2.55. The van der Waals surface area contributed by atoms with Gasteiger partial charge in [-0.15, -0.1) is 0 Å². The summed E-state index contributed by atoms with van der Waals surface area (Å²) < 4.78 is 5.98. The fraction of sp³-hybridized carbons (Fsp3) is 0.375. The number of rotatable bonds is 4. The van der Waals surface area contributed by atoms with Gasteiger partial charge in [-0.05, 0) is 24.5 Å². The van der Waals surface area contributed by atoms with E-state index in [0.717, 1.165) is 31.9 Å². The lowest BCUT2D eigenvalue weighted by Crippen LogP contribution is -2.37. The first-order valence-corrected chi connectivity index (χ1v) is 7.01. The monoisotopic (exact) mass is 268 g/mol. The normalized spacial score (nSPS) is 16.3. The summed E-state index contributed by atoms with van der Waals surface area (Å²) in [7, 11) is 0. The third kappa shape index (κ3) is 3.33. The molecule has 1 aliphatic heterocycles. The smallest absolute Gasteiger partial charge is 0.225 e. The lowest BCUT2D eigenvalue weighted by Gasteiger charge is -2.31. The van der Waals surface area contributed by atoms with Crippen LogP contribution in [-0.4, -0.2) is 29.2 Å². The Hall–Kier alpha value is -1.94. The molecule has 0 bridgehead atoms. The van der Waals surface area contributed by atoms with Gasteiger partial charge in [0, 0.05) is 19.3 Å². The number of piperidine rings is 1. The van der Waals surface area contributed by atoms with E-state index in [9.17, 15) is 0 Å². The SMILES string of the molecule is [c]1ccnc(N2CCC(OCc3ccccc3)CC2)n1. The van der Waals surface area contributed by atoms with Crippen LogP contribution in [0.3, 0.4) is 0 Å². The zero-order valence-corrected chi connectivity index (χ0v) is 11.4. The second-order valence-corrected chi connectivity index (χ2v) is 4.97. The Labute approximate surface area is 119 Å². The summed E-state index contributed by atoms with van der Waals surface area (Å²) >= 11 is 0. The maximum Gasteiger partial charge on any atom is 0.225 e. The van der Waals surface area contributed by atoms with Gasteiger partial charge in [0.05, 0.1) is 18.9 Å². The van der Waals surface area contributed by atoms with E-state index in [2.05, 4.69) is 33.2 Å². The number of anilines is 1. The Balaban J connectivity index is 1.47. The van der Waals surface area contributed by atoms with Crippen molar-refractivity contribution in [2.75, 3.05) is 18.0 Å². The molecule has 2 aromatic rings. The van der Waals surface area contributed by atoms with Gasteiger partial charge in [0.2, 0.25) is 5.95 Å². The number of benzene rings is 1. The third-order valence-corrected chi connectivity index (χ3v) is 3.56. The van der Waals surface area contributed by atoms with E-state index in [4.69, 9.17) is 4.74 Å². The molecule has 103 valence electrons. The summed E-state index contributed by atoms with van der Waals surface area (Å²) in [5.74, 6) is 0.772. The molecular formula is C16H18N3O. The van der Waals surface area contributed by atoms with Crippen LogP contribution in [0, 0.1) is 6.20 Å². The second kappa shape index (κ2) is 6.48. The lowest BCUT2D eigenvalue weighted by molar-refractivity contribution is 0.0249. The minimum atomic E-state index is 0.333. The predicted octanol–water partition coefficient (Wildman–Crippen LogP) is 2.46. The van der Waals surface area contributed by atoms with E-state index in [1.807, 2.05) is 18.2 Å². The van der Waals surface area contributed by atoms with Crippen molar-refractivity contribution in [2.24, 2.45) is 0 Å². The van der Waals surface area contributed by atoms with Gasteiger partial charge in [-0.25, -0.2) is 9.97 Å². The van der Waals surface area contributed by atoms with Crippen molar-refractivity contribution in [1.29, 1.82) is 0 Å². The van der Waals surface area contributed by atoms with Crippen molar-refractivity contribution in [3.8, 4) is 0 Å². The van der Waals surface area contributed by atoms with Crippen LogP contribution in [0.15, 0.2) is 42.6 Å². The molecule has 1 aromatic heterocycles. The minimum absolute atomic E-state index is 0.333. The summed E-state index contributed by atoms with van der Waals surface area (Å²) in [5, 5.41) is 0. The van der Waals surface area contributed by atoms with Crippen molar-refractivity contribution in [2.45, 2.75) is 25.6 Å². The van der Waals surface area contributed by atoms with Crippen LogP contribution in [0.1, 0.15) is 18.4 Å². The molecule has 1 aliphatic rings. The Kier molecular flexibility index (Phi) is 4.23. The van der Waals surface area contributed by atoms with Crippen LogP contribution < -0.4 is 4.90 Å². The molecule has 0 aliphatic carbocycles. The second-order valence-electron chi connectivity index (χ2n) is 4.97. The van der Waals surface area contributed by atoms with Crippen LogP contribution in [-0.2, 0) is 11.3 Å². The van der Waals surface area contributed by atoms with Gasteiger partial charge in [-0.2, -0.15) is 0 Å². The molecule has 2 heterocycles. The van der Waals surface area contributed by atoms with Gasteiger partial charge in [-0.1, -0.05) is 30.3 Å².